The third-order valence-electron chi connectivity index (χ3n) is 3.68. The van der Waals surface area contributed by atoms with Gasteiger partial charge in [-0.2, -0.15) is 23.5 Å². The summed E-state index contributed by atoms with van der Waals surface area (Å²) in [5.41, 5.74) is -0.442. The molecule has 2 aromatic heterocycles. The van der Waals surface area contributed by atoms with Gasteiger partial charge < -0.3 is 19.3 Å². The summed E-state index contributed by atoms with van der Waals surface area (Å²) in [5.74, 6) is -2.33. The van der Waals surface area contributed by atoms with Crippen molar-refractivity contribution in [2.45, 2.75) is 17.9 Å². The predicted octanol–water partition coefficient (Wildman–Crippen LogP) is -0.241. The molecule has 0 aliphatic heterocycles. The Hall–Kier alpha value is -3.95. The predicted molar refractivity (Wildman–Crippen MR) is 105 cm³/mol. The first-order valence-corrected chi connectivity index (χ1v) is 10.3. The van der Waals surface area contributed by atoms with Gasteiger partial charge in [-0.15, -0.1) is 0 Å². The quantitative estimate of drug-likeness (QED) is 0.303. The Labute approximate surface area is 181 Å². The summed E-state index contributed by atoms with van der Waals surface area (Å²) >= 11 is 0. The number of ether oxygens (including phenoxy) is 3. The molecule has 0 aromatic carbocycles. The molecule has 2 amide bonds. The molecule has 32 heavy (non-hydrogen) atoms. The van der Waals surface area contributed by atoms with E-state index in [9.17, 15) is 22.8 Å². The standard InChI is InChI=1S/C16H20N6O9S/c1-22-13(9(8-17-22)14(25)31-6-4-5-12(23)24)32(27,28)21-16(26)20-15-18-10(29-2)7-11(19-15)30-3/h7-8H,4-6H2,1-3H3,(H,23,24)(H2,18,19,20,21,26). The maximum atomic E-state index is 12.7. The van der Waals surface area contributed by atoms with Gasteiger partial charge in [0.25, 0.3) is 10.0 Å². The van der Waals surface area contributed by atoms with Gasteiger partial charge in [-0.25, -0.2) is 14.3 Å². The van der Waals surface area contributed by atoms with Crippen molar-refractivity contribution in [2.75, 3.05) is 26.1 Å². The Morgan fingerprint density at radius 2 is 1.78 bits per heavy atom. The molecule has 3 N–H and O–H groups in total. The summed E-state index contributed by atoms with van der Waals surface area (Å²) in [5, 5.41) is 13.8. The fraction of sp³-hybridized carbons (Fsp3) is 0.375. The highest BCUT2D eigenvalue weighted by atomic mass is 32.2. The van der Waals surface area contributed by atoms with Crippen molar-refractivity contribution >= 4 is 33.9 Å². The zero-order chi connectivity index (χ0) is 23.9. The van der Waals surface area contributed by atoms with Gasteiger partial charge in [-0.05, 0) is 6.42 Å². The van der Waals surface area contributed by atoms with E-state index in [1.165, 1.54) is 27.3 Å². The summed E-state index contributed by atoms with van der Waals surface area (Å²) in [7, 11) is -0.712. The zero-order valence-electron chi connectivity index (χ0n) is 17.2. The van der Waals surface area contributed by atoms with Crippen LogP contribution in [-0.2, 0) is 26.6 Å². The van der Waals surface area contributed by atoms with Crippen LogP contribution in [0, 0.1) is 0 Å². The molecule has 0 saturated heterocycles. The highest BCUT2D eigenvalue weighted by Crippen LogP contribution is 2.18. The number of aromatic nitrogens is 4. The van der Waals surface area contributed by atoms with Crippen molar-refractivity contribution in [1.29, 1.82) is 0 Å². The number of methoxy groups -OCH3 is 2. The molecule has 15 nitrogen and oxygen atoms in total. The van der Waals surface area contributed by atoms with Gasteiger partial charge in [0.15, 0.2) is 5.03 Å². The average molecular weight is 472 g/mol. The Morgan fingerprint density at radius 1 is 1.16 bits per heavy atom. The summed E-state index contributed by atoms with van der Waals surface area (Å²) in [6.07, 6.45) is 0.750. The number of carbonyl (C=O) groups is 3. The lowest BCUT2D eigenvalue weighted by molar-refractivity contribution is -0.137. The second-order valence-electron chi connectivity index (χ2n) is 5.96. The van der Waals surface area contributed by atoms with E-state index in [0.29, 0.717) is 0 Å². The third-order valence-corrected chi connectivity index (χ3v) is 5.12. The lowest BCUT2D eigenvalue weighted by atomic mass is 10.3. The molecule has 174 valence electrons. The number of carboxylic acids is 1. The minimum absolute atomic E-state index is 0.0358. The first-order valence-electron chi connectivity index (χ1n) is 8.79. The molecule has 0 aliphatic rings. The molecule has 0 aliphatic carbocycles. The number of anilines is 1. The molecule has 2 rings (SSSR count). The number of hydrogen-bond acceptors (Lipinski definition) is 11. The maximum Gasteiger partial charge on any atom is 0.342 e. The van der Waals surface area contributed by atoms with Crippen LogP contribution in [0.15, 0.2) is 17.3 Å². The number of amides is 2. The van der Waals surface area contributed by atoms with E-state index >= 15 is 0 Å². The van der Waals surface area contributed by atoms with E-state index in [-0.39, 0.29) is 37.2 Å². The number of urea groups is 1. The van der Waals surface area contributed by atoms with Crippen molar-refractivity contribution in [3.05, 3.63) is 17.8 Å². The minimum atomic E-state index is -4.59. The van der Waals surface area contributed by atoms with E-state index < -0.39 is 38.6 Å². The fourth-order valence-electron chi connectivity index (χ4n) is 2.32. The normalized spacial score (nSPS) is 10.8. The summed E-state index contributed by atoms with van der Waals surface area (Å²) in [4.78, 5) is 42.6. The Balaban J connectivity index is 2.15. The second-order valence-corrected chi connectivity index (χ2v) is 7.55. The van der Waals surface area contributed by atoms with Crippen LogP contribution in [-0.4, -0.2) is 72.1 Å². The Bertz CT molecular complexity index is 1090. The molecular formula is C16H20N6O9S. The van der Waals surface area contributed by atoms with Gasteiger partial charge in [-0.3, -0.25) is 14.8 Å². The van der Waals surface area contributed by atoms with Crippen LogP contribution in [0.2, 0.25) is 0 Å². The first-order chi connectivity index (χ1) is 15.1. The number of nitrogens with one attached hydrogen (secondary N) is 2. The average Bonchev–Trinajstić information content (AvgIpc) is 3.12. The van der Waals surface area contributed by atoms with Crippen molar-refractivity contribution < 1.29 is 42.1 Å². The Kier molecular flexibility index (Phi) is 7.89. The van der Waals surface area contributed by atoms with Gasteiger partial charge in [0.1, 0.15) is 5.56 Å². The van der Waals surface area contributed by atoms with Crippen molar-refractivity contribution in [3.8, 4) is 11.8 Å². The smallest absolute Gasteiger partial charge is 0.342 e. The topological polar surface area (TPSA) is 201 Å². The lowest BCUT2D eigenvalue weighted by Crippen LogP contribution is -2.36. The summed E-state index contributed by atoms with van der Waals surface area (Å²) < 4.78 is 42.7. The van der Waals surface area contributed by atoms with E-state index in [4.69, 9.17) is 19.3 Å². The van der Waals surface area contributed by atoms with E-state index in [1.54, 1.807) is 4.72 Å². The van der Waals surface area contributed by atoms with Crippen LogP contribution in [0.4, 0.5) is 10.7 Å². The van der Waals surface area contributed by atoms with Gasteiger partial charge in [-0.1, -0.05) is 0 Å². The lowest BCUT2D eigenvalue weighted by Gasteiger charge is -2.11. The fourth-order valence-corrected chi connectivity index (χ4v) is 3.53. The number of aryl methyl sites for hydroxylation is 1. The molecule has 0 radical (unpaired) electrons. The number of aliphatic carboxylic acids is 1. The highest BCUT2D eigenvalue weighted by Gasteiger charge is 2.30. The molecular weight excluding hydrogens is 452 g/mol. The Morgan fingerprint density at radius 3 is 2.34 bits per heavy atom. The molecule has 0 spiro atoms. The largest absolute Gasteiger partial charge is 0.481 e. The number of esters is 1. The van der Waals surface area contributed by atoms with Crippen LogP contribution in [0.1, 0.15) is 23.2 Å². The maximum absolute atomic E-state index is 12.7. The number of sulfonamides is 1. The highest BCUT2D eigenvalue weighted by molar-refractivity contribution is 7.90. The number of hydrogen-bond donors (Lipinski definition) is 3. The molecule has 2 heterocycles. The van der Waals surface area contributed by atoms with Gasteiger partial charge in [0, 0.05) is 13.5 Å². The number of nitrogens with zero attached hydrogens (tertiary/aromatic N) is 4. The molecule has 0 fully saturated rings. The van der Waals surface area contributed by atoms with Crippen LogP contribution >= 0.6 is 0 Å². The van der Waals surface area contributed by atoms with E-state index in [0.717, 1.165) is 10.9 Å². The molecule has 0 saturated carbocycles. The van der Waals surface area contributed by atoms with E-state index in [1.807, 2.05) is 0 Å². The first kappa shape index (κ1) is 24.3. The van der Waals surface area contributed by atoms with Crippen molar-refractivity contribution in [3.63, 3.8) is 0 Å². The number of carbonyl (C=O) groups excluding carboxylic acids is 2. The monoisotopic (exact) mass is 472 g/mol. The second kappa shape index (κ2) is 10.4. The number of carboxylic acid groups (broad SMARTS) is 1. The molecule has 2 aromatic rings. The van der Waals surface area contributed by atoms with Gasteiger partial charge in [0.05, 0.1) is 33.1 Å². The molecule has 0 bridgehead atoms. The minimum Gasteiger partial charge on any atom is -0.481 e. The SMILES string of the molecule is COc1cc(OC)nc(NC(=O)NS(=O)(=O)c2c(C(=O)OCCCC(=O)O)cnn2C)n1. The van der Waals surface area contributed by atoms with Gasteiger partial charge in [0.2, 0.25) is 17.7 Å². The van der Waals surface area contributed by atoms with Crippen molar-refractivity contribution in [2.24, 2.45) is 7.05 Å². The summed E-state index contributed by atoms with van der Waals surface area (Å²) in [6.45, 7) is -0.248. The number of rotatable bonds is 10. The zero-order valence-corrected chi connectivity index (χ0v) is 18.0. The van der Waals surface area contributed by atoms with E-state index in [2.05, 4.69) is 20.4 Å². The van der Waals surface area contributed by atoms with Crippen molar-refractivity contribution in [1.82, 2.24) is 24.5 Å². The summed E-state index contributed by atoms with van der Waals surface area (Å²) in [6, 6.07) is 0.103. The van der Waals surface area contributed by atoms with Crippen LogP contribution in [0.3, 0.4) is 0 Å². The van der Waals surface area contributed by atoms with Crippen LogP contribution in [0.25, 0.3) is 0 Å². The third kappa shape index (κ3) is 6.27. The van der Waals surface area contributed by atoms with Crippen LogP contribution in [0.5, 0.6) is 11.8 Å². The molecule has 16 heteroatoms. The van der Waals surface area contributed by atoms with Crippen LogP contribution < -0.4 is 19.5 Å². The van der Waals surface area contributed by atoms with Gasteiger partial charge >= 0.3 is 18.0 Å². The molecule has 0 atom stereocenters. The molecule has 0 unspecified atom stereocenters.